The molecule has 5 nitrogen and oxygen atoms in total. The number of ether oxygens (including phenoxy) is 1. The number of thiophene rings is 1. The van der Waals surface area contributed by atoms with E-state index in [-0.39, 0.29) is 23.9 Å². The predicted octanol–water partition coefficient (Wildman–Crippen LogP) is 1.92. The number of aliphatic hydroxyl groups is 1. The number of hydrogen-bond donors (Lipinski definition) is 2. The van der Waals surface area contributed by atoms with Crippen LogP contribution in [0.25, 0.3) is 0 Å². The van der Waals surface area contributed by atoms with Crippen molar-refractivity contribution >= 4 is 17.2 Å². The minimum Gasteiger partial charge on any atom is -0.387 e. The first-order valence-corrected chi connectivity index (χ1v) is 9.38. The molecule has 1 aliphatic carbocycles. The summed E-state index contributed by atoms with van der Waals surface area (Å²) in [4.78, 5) is 15.8. The molecule has 3 N–H and O–H groups in total. The van der Waals surface area contributed by atoms with Gasteiger partial charge in [0.05, 0.1) is 25.4 Å². The molecular weight excluding hydrogens is 312 g/mol. The van der Waals surface area contributed by atoms with E-state index in [9.17, 15) is 9.90 Å². The zero-order chi connectivity index (χ0) is 16.2. The highest BCUT2D eigenvalue weighted by Gasteiger charge is 2.35. The maximum Gasteiger partial charge on any atom is 0.226 e. The van der Waals surface area contributed by atoms with Crippen LogP contribution in [0.2, 0.25) is 0 Å². The van der Waals surface area contributed by atoms with Crippen molar-refractivity contribution in [2.75, 3.05) is 19.8 Å². The van der Waals surface area contributed by atoms with E-state index in [0.717, 1.165) is 30.6 Å². The van der Waals surface area contributed by atoms with E-state index < -0.39 is 6.10 Å². The molecule has 6 heteroatoms. The number of amides is 1. The van der Waals surface area contributed by atoms with E-state index in [2.05, 4.69) is 0 Å². The largest absolute Gasteiger partial charge is 0.387 e. The number of nitrogens with zero attached hydrogens (tertiary/aromatic N) is 1. The maximum absolute atomic E-state index is 12.9. The van der Waals surface area contributed by atoms with Crippen LogP contribution in [-0.4, -0.2) is 47.8 Å². The lowest BCUT2D eigenvalue weighted by Crippen LogP contribution is -2.52. The molecule has 1 aromatic heterocycles. The van der Waals surface area contributed by atoms with Crippen LogP contribution in [0, 0.1) is 5.92 Å². The molecule has 1 aromatic rings. The van der Waals surface area contributed by atoms with Crippen molar-refractivity contribution < 1.29 is 14.6 Å². The van der Waals surface area contributed by atoms with Gasteiger partial charge in [0.2, 0.25) is 5.91 Å². The fourth-order valence-corrected chi connectivity index (χ4v) is 4.41. The third kappa shape index (κ3) is 4.12. The molecule has 1 aliphatic heterocycles. The van der Waals surface area contributed by atoms with Crippen molar-refractivity contribution in [3.05, 3.63) is 22.4 Å². The summed E-state index contributed by atoms with van der Waals surface area (Å²) in [5.74, 6) is 0.241. The van der Waals surface area contributed by atoms with Crippen LogP contribution in [0.3, 0.4) is 0 Å². The smallest absolute Gasteiger partial charge is 0.226 e. The molecule has 0 spiro atoms. The van der Waals surface area contributed by atoms with Gasteiger partial charge in [-0.3, -0.25) is 4.79 Å². The van der Waals surface area contributed by atoms with Crippen LogP contribution in [-0.2, 0) is 9.53 Å². The summed E-state index contributed by atoms with van der Waals surface area (Å²) in [5.41, 5.74) is 6.04. The average Bonchev–Trinajstić information content (AvgIpc) is 3.09. The average molecular weight is 338 g/mol. The van der Waals surface area contributed by atoms with Crippen molar-refractivity contribution in [1.82, 2.24) is 4.90 Å². The van der Waals surface area contributed by atoms with Gasteiger partial charge in [0.15, 0.2) is 0 Å². The van der Waals surface area contributed by atoms with E-state index in [4.69, 9.17) is 10.5 Å². The first kappa shape index (κ1) is 16.9. The first-order valence-electron chi connectivity index (χ1n) is 8.50. The van der Waals surface area contributed by atoms with Gasteiger partial charge in [0.25, 0.3) is 0 Å². The highest BCUT2D eigenvalue weighted by Crippen LogP contribution is 2.29. The second kappa shape index (κ2) is 7.75. The molecule has 23 heavy (non-hydrogen) atoms. The van der Waals surface area contributed by atoms with E-state index in [1.165, 1.54) is 0 Å². The van der Waals surface area contributed by atoms with Crippen molar-refractivity contribution in [3.63, 3.8) is 0 Å². The summed E-state index contributed by atoms with van der Waals surface area (Å²) >= 11 is 1.55. The van der Waals surface area contributed by atoms with Crippen molar-refractivity contribution in [2.24, 2.45) is 11.7 Å². The molecule has 128 valence electrons. The van der Waals surface area contributed by atoms with Gasteiger partial charge < -0.3 is 20.5 Å². The molecule has 1 amide bonds. The van der Waals surface area contributed by atoms with Gasteiger partial charge in [-0.05, 0) is 30.7 Å². The van der Waals surface area contributed by atoms with Crippen LogP contribution in [0.15, 0.2) is 17.5 Å². The van der Waals surface area contributed by atoms with Crippen LogP contribution in [0.5, 0.6) is 0 Å². The number of morpholine rings is 1. The highest BCUT2D eigenvalue weighted by molar-refractivity contribution is 7.10. The number of rotatable bonds is 4. The SMILES string of the molecule is NC1CCCC(C(=O)N2CCOCC2CC(O)c2cccs2)C1. The Balaban J connectivity index is 1.64. The van der Waals surface area contributed by atoms with Gasteiger partial charge in [-0.1, -0.05) is 12.5 Å². The Labute approximate surface area is 141 Å². The summed E-state index contributed by atoms with van der Waals surface area (Å²) < 4.78 is 5.56. The standard InChI is InChI=1S/C17H26N2O3S/c18-13-4-1-3-12(9-13)17(21)19-6-7-22-11-14(19)10-15(20)16-5-2-8-23-16/h2,5,8,12-15,20H,1,3-4,6-7,9-11,18H2. The van der Waals surface area contributed by atoms with Crippen LogP contribution in [0.1, 0.15) is 43.1 Å². The van der Waals surface area contributed by atoms with Gasteiger partial charge in [-0.2, -0.15) is 0 Å². The van der Waals surface area contributed by atoms with E-state index in [1.54, 1.807) is 11.3 Å². The zero-order valence-electron chi connectivity index (χ0n) is 13.4. The van der Waals surface area contributed by atoms with E-state index in [0.29, 0.717) is 26.2 Å². The minimum absolute atomic E-state index is 0.0400. The molecule has 0 bridgehead atoms. The second-order valence-corrected chi connectivity index (χ2v) is 7.63. The number of hydrogen-bond acceptors (Lipinski definition) is 5. The number of carbonyl (C=O) groups is 1. The molecule has 3 rings (SSSR count). The molecule has 0 radical (unpaired) electrons. The normalized spacial score (nSPS) is 30.2. The fourth-order valence-electron chi connectivity index (χ4n) is 3.68. The van der Waals surface area contributed by atoms with E-state index in [1.807, 2.05) is 22.4 Å². The summed E-state index contributed by atoms with van der Waals surface area (Å²) in [6.45, 7) is 1.70. The van der Waals surface area contributed by atoms with Crippen molar-refractivity contribution in [3.8, 4) is 0 Å². The van der Waals surface area contributed by atoms with Gasteiger partial charge in [-0.15, -0.1) is 11.3 Å². The molecule has 2 heterocycles. The summed E-state index contributed by atoms with van der Waals surface area (Å²) in [5, 5.41) is 12.4. The molecule has 4 unspecified atom stereocenters. The lowest BCUT2D eigenvalue weighted by atomic mass is 9.84. The molecule has 1 saturated heterocycles. The summed E-state index contributed by atoms with van der Waals surface area (Å²) in [6, 6.07) is 3.97. The zero-order valence-corrected chi connectivity index (χ0v) is 14.2. The quantitative estimate of drug-likeness (QED) is 0.879. The Morgan fingerprint density at radius 3 is 3.13 bits per heavy atom. The molecule has 1 saturated carbocycles. The Morgan fingerprint density at radius 1 is 1.52 bits per heavy atom. The molecule has 4 atom stereocenters. The Hall–Kier alpha value is -0.950. The molecule has 0 aromatic carbocycles. The van der Waals surface area contributed by atoms with Crippen LogP contribution >= 0.6 is 11.3 Å². The van der Waals surface area contributed by atoms with Gasteiger partial charge in [0, 0.05) is 29.8 Å². The molecule has 2 fully saturated rings. The van der Waals surface area contributed by atoms with Gasteiger partial charge >= 0.3 is 0 Å². The third-order valence-electron chi connectivity index (χ3n) is 4.94. The second-order valence-electron chi connectivity index (χ2n) is 6.65. The Bertz CT molecular complexity index is 508. The third-order valence-corrected chi connectivity index (χ3v) is 5.92. The lowest BCUT2D eigenvalue weighted by Gasteiger charge is -2.39. The van der Waals surface area contributed by atoms with Crippen LogP contribution in [0.4, 0.5) is 0 Å². The van der Waals surface area contributed by atoms with Crippen molar-refractivity contribution in [2.45, 2.75) is 50.3 Å². The summed E-state index contributed by atoms with van der Waals surface area (Å²) in [7, 11) is 0. The number of nitrogens with two attached hydrogens (primary N) is 1. The topological polar surface area (TPSA) is 75.8 Å². The molecular formula is C17H26N2O3S. The molecule has 2 aliphatic rings. The first-order chi connectivity index (χ1) is 11.1. The van der Waals surface area contributed by atoms with Crippen LogP contribution < -0.4 is 5.73 Å². The maximum atomic E-state index is 12.9. The number of aliphatic hydroxyl groups excluding tert-OH is 1. The fraction of sp³-hybridized carbons (Fsp3) is 0.706. The monoisotopic (exact) mass is 338 g/mol. The lowest BCUT2D eigenvalue weighted by molar-refractivity contribution is -0.146. The van der Waals surface area contributed by atoms with Crippen molar-refractivity contribution in [1.29, 1.82) is 0 Å². The Kier molecular flexibility index (Phi) is 5.69. The highest BCUT2D eigenvalue weighted by atomic mass is 32.1. The van der Waals surface area contributed by atoms with Gasteiger partial charge in [0.1, 0.15) is 0 Å². The number of carbonyl (C=O) groups excluding carboxylic acids is 1. The minimum atomic E-state index is -0.536. The predicted molar refractivity (Wildman–Crippen MR) is 90.1 cm³/mol. The van der Waals surface area contributed by atoms with Gasteiger partial charge in [-0.25, -0.2) is 0 Å². The van der Waals surface area contributed by atoms with E-state index >= 15 is 0 Å². The summed E-state index contributed by atoms with van der Waals surface area (Å²) in [6.07, 6.45) is 3.77. The Morgan fingerprint density at radius 2 is 2.39 bits per heavy atom.